The molecule has 102 valence electrons. The van der Waals surface area contributed by atoms with Crippen LogP contribution in [-0.4, -0.2) is 4.98 Å². The number of fused-ring (bicyclic) bond motifs is 2. The van der Waals surface area contributed by atoms with E-state index in [2.05, 4.69) is 61.0 Å². The van der Waals surface area contributed by atoms with Crippen molar-refractivity contribution < 1.29 is 4.74 Å². The highest BCUT2D eigenvalue weighted by Crippen LogP contribution is 2.36. The van der Waals surface area contributed by atoms with Crippen LogP contribution in [0.1, 0.15) is 12.5 Å². The van der Waals surface area contributed by atoms with E-state index in [9.17, 15) is 0 Å². The summed E-state index contributed by atoms with van der Waals surface area (Å²) < 4.78 is 5.76. The van der Waals surface area contributed by atoms with Crippen molar-refractivity contribution in [2.24, 2.45) is 0 Å². The van der Waals surface area contributed by atoms with Gasteiger partial charge in [0.2, 0.25) is 0 Å². The summed E-state index contributed by atoms with van der Waals surface area (Å²) in [6.45, 7) is 5.98. The van der Waals surface area contributed by atoms with Crippen LogP contribution in [0, 0.1) is 0 Å². The maximum absolute atomic E-state index is 5.76. The highest BCUT2D eigenvalue weighted by atomic mass is 16.5. The van der Waals surface area contributed by atoms with E-state index in [-0.39, 0.29) is 0 Å². The van der Waals surface area contributed by atoms with Gasteiger partial charge in [0.1, 0.15) is 11.5 Å². The molecule has 0 spiro atoms. The summed E-state index contributed by atoms with van der Waals surface area (Å²) in [5.41, 5.74) is 5.81. The number of H-pyrrole nitrogens is 1. The van der Waals surface area contributed by atoms with Crippen LogP contribution in [0.15, 0.2) is 67.1 Å². The molecule has 0 radical (unpaired) electrons. The molecule has 0 bridgehead atoms. The van der Waals surface area contributed by atoms with Crippen LogP contribution in [0.2, 0.25) is 0 Å². The molecule has 0 saturated heterocycles. The van der Waals surface area contributed by atoms with Crippen LogP contribution in [-0.2, 0) is 0 Å². The number of allylic oxidation sites excluding steroid dienone is 2. The SMILES string of the molecule is C=C1C=C(C)c2ccc(-c3ccc4[nH]ccc4c3)cc2O1. The quantitative estimate of drug-likeness (QED) is 0.652. The van der Waals surface area contributed by atoms with E-state index in [4.69, 9.17) is 4.74 Å². The molecule has 1 aromatic heterocycles. The van der Waals surface area contributed by atoms with E-state index in [1.165, 1.54) is 16.5 Å². The second-order valence-corrected chi connectivity index (χ2v) is 5.39. The molecule has 0 amide bonds. The molecular formula is C19H15NO. The average molecular weight is 273 g/mol. The molecule has 0 fully saturated rings. The van der Waals surface area contributed by atoms with Gasteiger partial charge in [-0.1, -0.05) is 24.8 Å². The molecular weight excluding hydrogens is 258 g/mol. The first-order valence-electron chi connectivity index (χ1n) is 6.98. The second kappa shape index (κ2) is 4.38. The number of rotatable bonds is 1. The van der Waals surface area contributed by atoms with E-state index >= 15 is 0 Å². The number of hydrogen-bond acceptors (Lipinski definition) is 1. The number of ether oxygens (including phenoxy) is 1. The van der Waals surface area contributed by atoms with Crippen molar-refractivity contribution in [1.82, 2.24) is 4.98 Å². The third-order valence-electron chi connectivity index (χ3n) is 3.91. The Morgan fingerprint density at radius 3 is 2.71 bits per heavy atom. The molecule has 2 heteroatoms. The summed E-state index contributed by atoms with van der Waals surface area (Å²) in [7, 11) is 0. The molecule has 1 N–H and O–H groups in total. The maximum Gasteiger partial charge on any atom is 0.135 e. The van der Waals surface area contributed by atoms with Crippen molar-refractivity contribution in [2.75, 3.05) is 0 Å². The van der Waals surface area contributed by atoms with Crippen LogP contribution < -0.4 is 4.74 Å². The molecule has 1 aliphatic rings. The van der Waals surface area contributed by atoms with Crippen LogP contribution in [0.5, 0.6) is 5.75 Å². The highest BCUT2D eigenvalue weighted by Gasteiger charge is 2.14. The smallest absolute Gasteiger partial charge is 0.135 e. The zero-order chi connectivity index (χ0) is 14.4. The van der Waals surface area contributed by atoms with Gasteiger partial charge in [-0.2, -0.15) is 0 Å². The van der Waals surface area contributed by atoms with E-state index in [1.807, 2.05) is 12.3 Å². The van der Waals surface area contributed by atoms with Gasteiger partial charge in [0.25, 0.3) is 0 Å². The highest BCUT2D eigenvalue weighted by molar-refractivity contribution is 5.86. The molecule has 2 heterocycles. The van der Waals surface area contributed by atoms with Crippen molar-refractivity contribution in [3.8, 4) is 16.9 Å². The van der Waals surface area contributed by atoms with Gasteiger partial charge in [-0.3, -0.25) is 0 Å². The van der Waals surface area contributed by atoms with Crippen molar-refractivity contribution in [1.29, 1.82) is 0 Å². The molecule has 2 nitrogen and oxygen atoms in total. The number of benzene rings is 2. The number of nitrogens with one attached hydrogen (secondary N) is 1. The Morgan fingerprint density at radius 1 is 1.00 bits per heavy atom. The Bertz CT molecular complexity index is 899. The molecule has 0 atom stereocenters. The monoisotopic (exact) mass is 273 g/mol. The number of hydrogen-bond donors (Lipinski definition) is 1. The Labute approximate surface area is 123 Å². The van der Waals surface area contributed by atoms with Gasteiger partial charge in [0.05, 0.1) is 0 Å². The standard InChI is InChI=1S/C19H15NO/c1-12-9-13(2)21-19-11-15(3-5-17(12)19)14-4-6-18-16(10-14)7-8-20-18/h3-11,20H,2H2,1H3. The zero-order valence-corrected chi connectivity index (χ0v) is 11.8. The average Bonchev–Trinajstić information content (AvgIpc) is 2.93. The molecule has 21 heavy (non-hydrogen) atoms. The first-order valence-corrected chi connectivity index (χ1v) is 6.98. The fourth-order valence-corrected chi connectivity index (χ4v) is 2.83. The molecule has 4 rings (SSSR count). The summed E-state index contributed by atoms with van der Waals surface area (Å²) in [5.74, 6) is 1.57. The predicted molar refractivity (Wildman–Crippen MR) is 87.2 cm³/mol. The third-order valence-corrected chi connectivity index (χ3v) is 3.91. The largest absolute Gasteiger partial charge is 0.457 e. The van der Waals surface area contributed by atoms with Crippen LogP contribution in [0.3, 0.4) is 0 Å². The number of aromatic nitrogens is 1. The van der Waals surface area contributed by atoms with E-state index in [0.29, 0.717) is 5.76 Å². The first kappa shape index (κ1) is 12.0. The van der Waals surface area contributed by atoms with Gasteiger partial charge in [-0.15, -0.1) is 0 Å². The van der Waals surface area contributed by atoms with E-state index < -0.39 is 0 Å². The van der Waals surface area contributed by atoms with Gasteiger partial charge < -0.3 is 9.72 Å². The summed E-state index contributed by atoms with van der Waals surface area (Å²) in [5, 5.41) is 1.21. The van der Waals surface area contributed by atoms with Crippen LogP contribution >= 0.6 is 0 Å². The Balaban J connectivity index is 1.84. The van der Waals surface area contributed by atoms with Gasteiger partial charge >= 0.3 is 0 Å². The lowest BCUT2D eigenvalue weighted by Gasteiger charge is -2.18. The lowest BCUT2D eigenvalue weighted by atomic mass is 9.97. The molecule has 0 saturated carbocycles. The fourth-order valence-electron chi connectivity index (χ4n) is 2.83. The summed E-state index contributed by atoms with van der Waals surface area (Å²) in [6, 6.07) is 14.9. The van der Waals surface area contributed by atoms with E-state index in [0.717, 1.165) is 22.4 Å². The second-order valence-electron chi connectivity index (χ2n) is 5.39. The third kappa shape index (κ3) is 1.96. The van der Waals surface area contributed by atoms with Crippen molar-refractivity contribution in [3.63, 3.8) is 0 Å². The minimum atomic E-state index is 0.693. The Kier molecular flexibility index (Phi) is 2.51. The van der Waals surface area contributed by atoms with Gasteiger partial charge in [-0.25, -0.2) is 0 Å². The minimum absolute atomic E-state index is 0.693. The molecule has 0 aliphatic carbocycles. The molecule has 3 aromatic rings. The Hall–Kier alpha value is -2.74. The van der Waals surface area contributed by atoms with Gasteiger partial charge in [0.15, 0.2) is 0 Å². The predicted octanol–water partition coefficient (Wildman–Crippen LogP) is 5.14. The topological polar surface area (TPSA) is 25.0 Å². The summed E-state index contributed by atoms with van der Waals surface area (Å²) >= 11 is 0. The van der Waals surface area contributed by atoms with Crippen molar-refractivity contribution in [3.05, 3.63) is 72.6 Å². The fraction of sp³-hybridized carbons (Fsp3) is 0.0526. The molecule has 2 aromatic carbocycles. The van der Waals surface area contributed by atoms with Gasteiger partial charge in [0, 0.05) is 17.3 Å². The van der Waals surface area contributed by atoms with Crippen molar-refractivity contribution in [2.45, 2.75) is 6.92 Å². The van der Waals surface area contributed by atoms with Crippen LogP contribution in [0.25, 0.3) is 27.6 Å². The minimum Gasteiger partial charge on any atom is -0.457 e. The zero-order valence-electron chi connectivity index (χ0n) is 11.8. The number of aromatic amines is 1. The van der Waals surface area contributed by atoms with Crippen molar-refractivity contribution >= 4 is 16.5 Å². The van der Waals surface area contributed by atoms with Gasteiger partial charge in [-0.05, 0) is 59.4 Å². The summed E-state index contributed by atoms with van der Waals surface area (Å²) in [4.78, 5) is 3.22. The Morgan fingerprint density at radius 2 is 1.81 bits per heavy atom. The first-order chi connectivity index (χ1) is 10.2. The van der Waals surface area contributed by atoms with E-state index in [1.54, 1.807) is 0 Å². The maximum atomic E-state index is 5.76. The molecule has 1 aliphatic heterocycles. The lowest BCUT2D eigenvalue weighted by molar-refractivity contribution is 0.441. The van der Waals surface area contributed by atoms with Crippen LogP contribution in [0.4, 0.5) is 0 Å². The lowest BCUT2D eigenvalue weighted by Crippen LogP contribution is -2.00. The normalized spacial score (nSPS) is 13.8. The molecule has 0 unspecified atom stereocenters. The summed E-state index contributed by atoms with van der Waals surface area (Å²) in [6.07, 6.45) is 3.93.